The van der Waals surface area contributed by atoms with Crippen LogP contribution in [0, 0.1) is 0 Å². The van der Waals surface area contributed by atoms with Gasteiger partial charge in [-0.15, -0.1) is 0 Å². The Morgan fingerprint density at radius 3 is 2.81 bits per heavy atom. The second-order valence-electron chi connectivity index (χ2n) is 6.52. The Bertz CT molecular complexity index is 785. The van der Waals surface area contributed by atoms with Crippen molar-refractivity contribution >= 4 is 17.5 Å². The van der Waals surface area contributed by atoms with Gasteiger partial charge in [-0.2, -0.15) is 0 Å². The highest BCUT2D eigenvalue weighted by Gasteiger charge is 2.08. The summed E-state index contributed by atoms with van der Waals surface area (Å²) in [5, 5.41) is 3.68. The van der Waals surface area contributed by atoms with Crippen molar-refractivity contribution in [1.82, 2.24) is 5.32 Å². The summed E-state index contributed by atoms with van der Waals surface area (Å²) >= 11 is 6.14. The zero-order chi connectivity index (χ0) is 18.2. The van der Waals surface area contributed by atoms with Crippen LogP contribution in [0.4, 0.5) is 0 Å². The maximum absolute atomic E-state index is 12.4. The fourth-order valence-corrected chi connectivity index (χ4v) is 3.26. The van der Waals surface area contributed by atoms with Crippen LogP contribution in [0.3, 0.4) is 0 Å². The highest BCUT2D eigenvalue weighted by atomic mass is 35.5. The predicted octanol–water partition coefficient (Wildman–Crippen LogP) is 5.54. The van der Waals surface area contributed by atoms with Crippen molar-refractivity contribution in [1.29, 1.82) is 0 Å². The average Bonchev–Trinajstić information content (AvgIpc) is 2.68. The van der Waals surface area contributed by atoms with Crippen molar-refractivity contribution in [3.63, 3.8) is 0 Å². The number of allylic oxidation sites excluding steroid dienone is 1. The molecule has 0 spiro atoms. The van der Waals surface area contributed by atoms with Crippen molar-refractivity contribution in [2.24, 2.45) is 0 Å². The molecule has 2 aromatic carbocycles. The van der Waals surface area contributed by atoms with Crippen molar-refractivity contribution in [2.45, 2.75) is 38.7 Å². The van der Waals surface area contributed by atoms with Gasteiger partial charge in [-0.05, 0) is 56.4 Å². The SMILES string of the molecule is O=C(NCCC1=CCCCC1)c1cccc(OCc2ccccc2Cl)c1. The molecular formula is C22H24ClNO2. The van der Waals surface area contributed by atoms with Crippen LogP contribution in [0.5, 0.6) is 5.75 Å². The summed E-state index contributed by atoms with van der Waals surface area (Å²) in [6, 6.07) is 14.8. The maximum atomic E-state index is 12.4. The Hall–Kier alpha value is -2.26. The summed E-state index contributed by atoms with van der Waals surface area (Å²) in [6.07, 6.45) is 8.16. The molecule has 0 heterocycles. The van der Waals surface area contributed by atoms with Crippen LogP contribution in [-0.4, -0.2) is 12.5 Å². The monoisotopic (exact) mass is 369 g/mol. The molecule has 4 heteroatoms. The van der Waals surface area contributed by atoms with Gasteiger partial charge in [-0.3, -0.25) is 4.79 Å². The van der Waals surface area contributed by atoms with E-state index in [0.29, 0.717) is 29.5 Å². The van der Waals surface area contributed by atoms with Crippen molar-refractivity contribution < 1.29 is 9.53 Å². The summed E-state index contributed by atoms with van der Waals surface area (Å²) in [7, 11) is 0. The van der Waals surface area contributed by atoms with Crippen LogP contribution in [0.25, 0.3) is 0 Å². The summed E-state index contributed by atoms with van der Waals surface area (Å²) in [6.45, 7) is 1.05. The molecule has 26 heavy (non-hydrogen) atoms. The third-order valence-electron chi connectivity index (χ3n) is 4.57. The molecule has 0 bridgehead atoms. The fourth-order valence-electron chi connectivity index (χ4n) is 3.07. The standard InChI is InChI=1S/C22H24ClNO2/c23-21-12-5-4-9-19(21)16-26-20-11-6-10-18(15-20)22(25)24-14-13-17-7-2-1-3-8-17/h4-7,9-12,15H,1-3,8,13-14,16H2,(H,24,25). The number of halogens is 1. The van der Waals surface area contributed by atoms with Crippen LogP contribution < -0.4 is 10.1 Å². The van der Waals surface area contributed by atoms with Crippen molar-refractivity contribution in [3.05, 3.63) is 76.3 Å². The summed E-state index contributed by atoms with van der Waals surface area (Å²) < 4.78 is 5.79. The largest absolute Gasteiger partial charge is 0.489 e. The number of hydrogen-bond donors (Lipinski definition) is 1. The van der Waals surface area contributed by atoms with E-state index in [4.69, 9.17) is 16.3 Å². The maximum Gasteiger partial charge on any atom is 0.251 e. The van der Waals surface area contributed by atoms with Crippen LogP contribution in [0.1, 0.15) is 48.0 Å². The van der Waals surface area contributed by atoms with Gasteiger partial charge in [0.05, 0.1) is 0 Å². The molecular weight excluding hydrogens is 346 g/mol. The molecule has 1 aliphatic rings. The topological polar surface area (TPSA) is 38.3 Å². The van der Waals surface area contributed by atoms with Gasteiger partial charge in [0, 0.05) is 22.7 Å². The molecule has 0 atom stereocenters. The number of nitrogens with one attached hydrogen (secondary N) is 1. The quantitative estimate of drug-likeness (QED) is 0.651. The van der Waals surface area contributed by atoms with Crippen LogP contribution >= 0.6 is 11.6 Å². The van der Waals surface area contributed by atoms with Crippen molar-refractivity contribution in [2.75, 3.05) is 6.54 Å². The zero-order valence-electron chi connectivity index (χ0n) is 14.8. The molecule has 0 saturated carbocycles. The number of hydrogen-bond acceptors (Lipinski definition) is 2. The van der Waals surface area contributed by atoms with Gasteiger partial charge in [-0.25, -0.2) is 0 Å². The molecule has 0 radical (unpaired) electrons. The third kappa shape index (κ3) is 5.37. The molecule has 0 saturated heterocycles. The van der Waals surface area contributed by atoms with Gasteiger partial charge in [0.15, 0.2) is 0 Å². The molecule has 3 rings (SSSR count). The van der Waals surface area contributed by atoms with Gasteiger partial charge in [-0.1, -0.05) is 47.5 Å². The minimum Gasteiger partial charge on any atom is -0.489 e. The van der Waals surface area contributed by atoms with E-state index >= 15 is 0 Å². The van der Waals surface area contributed by atoms with E-state index < -0.39 is 0 Å². The van der Waals surface area contributed by atoms with Crippen molar-refractivity contribution in [3.8, 4) is 5.75 Å². The first-order valence-electron chi connectivity index (χ1n) is 9.15. The van der Waals surface area contributed by atoms with Crippen LogP contribution in [0.2, 0.25) is 5.02 Å². The normalized spacial score (nSPS) is 13.8. The highest BCUT2D eigenvalue weighted by Crippen LogP contribution is 2.21. The molecule has 1 amide bonds. The number of carbonyl (C=O) groups excluding carboxylic acids is 1. The van der Waals surface area contributed by atoms with Gasteiger partial charge in [0.25, 0.3) is 5.91 Å². The van der Waals surface area contributed by atoms with E-state index in [1.165, 1.54) is 31.3 Å². The smallest absolute Gasteiger partial charge is 0.251 e. The Morgan fingerprint density at radius 1 is 1.12 bits per heavy atom. The number of amides is 1. The molecule has 0 aliphatic heterocycles. The second-order valence-corrected chi connectivity index (χ2v) is 6.93. The molecule has 3 nitrogen and oxygen atoms in total. The molecule has 136 valence electrons. The minimum absolute atomic E-state index is 0.0652. The lowest BCUT2D eigenvalue weighted by Gasteiger charge is -2.13. The molecule has 2 aromatic rings. The molecule has 1 aliphatic carbocycles. The van der Waals surface area contributed by atoms with Crippen LogP contribution in [-0.2, 0) is 6.61 Å². The van der Waals surface area contributed by atoms with Gasteiger partial charge < -0.3 is 10.1 Å². The number of ether oxygens (including phenoxy) is 1. The molecule has 0 aromatic heterocycles. The van der Waals surface area contributed by atoms with Gasteiger partial charge in [0.2, 0.25) is 0 Å². The van der Waals surface area contributed by atoms with Gasteiger partial charge in [0.1, 0.15) is 12.4 Å². The van der Waals surface area contributed by atoms with E-state index in [2.05, 4.69) is 11.4 Å². The van der Waals surface area contributed by atoms with Crippen LogP contribution in [0.15, 0.2) is 60.2 Å². The number of carbonyl (C=O) groups is 1. The first-order valence-corrected chi connectivity index (χ1v) is 9.52. The van der Waals surface area contributed by atoms with E-state index in [-0.39, 0.29) is 5.91 Å². The number of benzene rings is 2. The summed E-state index contributed by atoms with van der Waals surface area (Å²) in [5.74, 6) is 0.595. The molecule has 0 unspecified atom stereocenters. The second kappa shape index (κ2) is 9.44. The average molecular weight is 370 g/mol. The Labute approximate surface area is 160 Å². The summed E-state index contributed by atoms with van der Waals surface area (Å²) in [4.78, 5) is 12.4. The Balaban J connectivity index is 1.52. The Morgan fingerprint density at radius 2 is 2.00 bits per heavy atom. The lowest BCUT2D eigenvalue weighted by molar-refractivity contribution is 0.0953. The first-order chi connectivity index (χ1) is 12.7. The molecule has 0 fully saturated rings. The Kier molecular flexibility index (Phi) is 6.73. The van der Waals surface area contributed by atoms with E-state index in [0.717, 1.165) is 12.0 Å². The lowest BCUT2D eigenvalue weighted by atomic mass is 9.97. The van der Waals surface area contributed by atoms with E-state index in [9.17, 15) is 4.79 Å². The zero-order valence-corrected chi connectivity index (χ0v) is 15.6. The summed E-state index contributed by atoms with van der Waals surface area (Å²) in [5.41, 5.74) is 3.00. The molecule has 1 N–H and O–H groups in total. The minimum atomic E-state index is -0.0652. The van der Waals surface area contributed by atoms with E-state index in [1.54, 1.807) is 12.1 Å². The van der Waals surface area contributed by atoms with Gasteiger partial charge >= 0.3 is 0 Å². The predicted molar refractivity (Wildman–Crippen MR) is 106 cm³/mol. The fraction of sp³-hybridized carbons (Fsp3) is 0.318. The lowest BCUT2D eigenvalue weighted by Crippen LogP contribution is -2.24. The number of rotatable bonds is 7. The third-order valence-corrected chi connectivity index (χ3v) is 4.93. The van der Waals surface area contributed by atoms with E-state index in [1.807, 2.05) is 36.4 Å². The first kappa shape index (κ1) is 18.5. The highest BCUT2D eigenvalue weighted by molar-refractivity contribution is 6.31.